The highest BCUT2D eigenvalue weighted by molar-refractivity contribution is 6.31. The smallest absolute Gasteiger partial charge is 0.248 e. The average molecular weight is 255 g/mol. The predicted octanol–water partition coefficient (Wildman–Crippen LogP) is 2.57. The first kappa shape index (κ1) is 14.0. The van der Waals surface area contributed by atoms with Crippen molar-refractivity contribution in [3.8, 4) is 0 Å². The van der Waals surface area contributed by atoms with Gasteiger partial charge in [0.05, 0.1) is 0 Å². The maximum atomic E-state index is 11.0. The van der Waals surface area contributed by atoms with Crippen molar-refractivity contribution in [2.45, 2.75) is 27.3 Å². The monoisotopic (exact) mass is 254 g/mol. The van der Waals surface area contributed by atoms with Crippen molar-refractivity contribution in [3.63, 3.8) is 0 Å². The minimum Gasteiger partial charge on any atom is -0.366 e. The second-order valence-electron chi connectivity index (χ2n) is 5.33. The Hall–Kier alpha value is -1.06. The third kappa shape index (κ3) is 4.75. The van der Waals surface area contributed by atoms with E-state index in [-0.39, 0.29) is 5.41 Å². The van der Waals surface area contributed by atoms with E-state index in [4.69, 9.17) is 17.3 Å². The Kier molecular flexibility index (Phi) is 4.54. The number of nitrogens with one attached hydrogen (secondary N) is 1. The molecule has 0 saturated heterocycles. The molecule has 0 atom stereocenters. The Morgan fingerprint density at radius 2 is 2.06 bits per heavy atom. The number of carbonyl (C=O) groups excluding carboxylic acids is 1. The molecule has 0 aliphatic heterocycles. The lowest BCUT2D eigenvalue weighted by Crippen LogP contribution is -2.26. The van der Waals surface area contributed by atoms with E-state index in [2.05, 4.69) is 26.1 Å². The van der Waals surface area contributed by atoms with Gasteiger partial charge in [-0.2, -0.15) is 0 Å². The quantitative estimate of drug-likeness (QED) is 0.868. The van der Waals surface area contributed by atoms with Gasteiger partial charge in [0.1, 0.15) is 0 Å². The Labute approximate surface area is 107 Å². The fraction of sp³-hybridized carbons (Fsp3) is 0.462. The molecule has 0 unspecified atom stereocenters. The predicted molar refractivity (Wildman–Crippen MR) is 71.1 cm³/mol. The fourth-order valence-electron chi connectivity index (χ4n) is 1.42. The lowest BCUT2D eigenvalue weighted by atomic mass is 9.97. The van der Waals surface area contributed by atoms with Crippen LogP contribution in [0.5, 0.6) is 0 Å². The molecule has 1 amide bonds. The van der Waals surface area contributed by atoms with Crippen LogP contribution < -0.4 is 11.1 Å². The van der Waals surface area contributed by atoms with Gasteiger partial charge in [-0.05, 0) is 23.1 Å². The highest BCUT2D eigenvalue weighted by Gasteiger charge is 2.10. The lowest BCUT2D eigenvalue weighted by Gasteiger charge is -2.19. The van der Waals surface area contributed by atoms with E-state index in [0.717, 1.165) is 12.1 Å². The maximum absolute atomic E-state index is 11.0. The maximum Gasteiger partial charge on any atom is 0.248 e. The van der Waals surface area contributed by atoms with Gasteiger partial charge < -0.3 is 11.1 Å². The van der Waals surface area contributed by atoms with Crippen LogP contribution in [0.4, 0.5) is 0 Å². The summed E-state index contributed by atoms with van der Waals surface area (Å²) in [7, 11) is 0. The summed E-state index contributed by atoms with van der Waals surface area (Å²) in [6.07, 6.45) is 0. The van der Waals surface area contributed by atoms with Gasteiger partial charge in [0.15, 0.2) is 0 Å². The van der Waals surface area contributed by atoms with E-state index in [1.54, 1.807) is 12.1 Å². The van der Waals surface area contributed by atoms with Crippen LogP contribution >= 0.6 is 11.6 Å². The average Bonchev–Trinajstić information content (AvgIpc) is 2.18. The van der Waals surface area contributed by atoms with Gasteiger partial charge in [-0.3, -0.25) is 4.79 Å². The van der Waals surface area contributed by atoms with Crippen LogP contribution in [0.25, 0.3) is 0 Å². The zero-order valence-electron chi connectivity index (χ0n) is 10.5. The molecule has 0 aliphatic rings. The van der Waals surface area contributed by atoms with Gasteiger partial charge in [0.2, 0.25) is 5.91 Å². The number of rotatable bonds is 4. The van der Waals surface area contributed by atoms with Crippen molar-refractivity contribution in [3.05, 3.63) is 34.3 Å². The highest BCUT2D eigenvalue weighted by Crippen LogP contribution is 2.18. The molecule has 0 fully saturated rings. The topological polar surface area (TPSA) is 55.1 Å². The number of hydrogen-bond donors (Lipinski definition) is 2. The SMILES string of the molecule is CC(C)(C)CNCc1ccc(C(N)=O)cc1Cl. The van der Waals surface area contributed by atoms with Crippen molar-refractivity contribution in [1.82, 2.24) is 5.32 Å². The van der Waals surface area contributed by atoms with Crippen LogP contribution in [0.3, 0.4) is 0 Å². The van der Waals surface area contributed by atoms with E-state index < -0.39 is 5.91 Å². The van der Waals surface area contributed by atoms with E-state index in [0.29, 0.717) is 17.1 Å². The molecule has 0 saturated carbocycles. The van der Waals surface area contributed by atoms with Crippen LogP contribution in [0.15, 0.2) is 18.2 Å². The molecule has 0 aliphatic carbocycles. The van der Waals surface area contributed by atoms with Crippen LogP contribution in [0.2, 0.25) is 5.02 Å². The first-order valence-electron chi connectivity index (χ1n) is 5.58. The molecule has 0 spiro atoms. The second-order valence-corrected chi connectivity index (χ2v) is 5.74. The number of hydrogen-bond acceptors (Lipinski definition) is 2. The zero-order chi connectivity index (χ0) is 13.1. The molecule has 1 aromatic carbocycles. The number of halogens is 1. The normalized spacial score (nSPS) is 11.5. The molecule has 0 heterocycles. The largest absolute Gasteiger partial charge is 0.366 e. The Balaban J connectivity index is 2.64. The summed E-state index contributed by atoms with van der Waals surface area (Å²) in [5.74, 6) is -0.457. The van der Waals surface area contributed by atoms with Crippen LogP contribution in [-0.4, -0.2) is 12.5 Å². The van der Waals surface area contributed by atoms with Gasteiger partial charge >= 0.3 is 0 Å². The van der Waals surface area contributed by atoms with E-state index >= 15 is 0 Å². The standard InChI is InChI=1S/C13H19ClN2O/c1-13(2,3)8-16-7-10-5-4-9(12(15)17)6-11(10)14/h4-6,16H,7-8H2,1-3H3,(H2,15,17). The molecule has 0 radical (unpaired) electrons. The first-order chi connectivity index (χ1) is 7.79. The highest BCUT2D eigenvalue weighted by atomic mass is 35.5. The Morgan fingerprint density at radius 1 is 1.41 bits per heavy atom. The zero-order valence-corrected chi connectivity index (χ0v) is 11.3. The molecular weight excluding hydrogens is 236 g/mol. The van der Waals surface area contributed by atoms with Crippen LogP contribution in [-0.2, 0) is 6.54 Å². The molecule has 1 aromatic rings. The summed E-state index contributed by atoms with van der Waals surface area (Å²) < 4.78 is 0. The van der Waals surface area contributed by atoms with Gasteiger partial charge in [-0.25, -0.2) is 0 Å². The number of benzene rings is 1. The summed E-state index contributed by atoms with van der Waals surface area (Å²) in [6, 6.07) is 5.14. The molecule has 1 rings (SSSR count). The Bertz CT molecular complexity index is 410. The summed E-state index contributed by atoms with van der Waals surface area (Å²) in [4.78, 5) is 11.0. The lowest BCUT2D eigenvalue weighted by molar-refractivity contribution is 0.100. The summed E-state index contributed by atoms with van der Waals surface area (Å²) in [5.41, 5.74) is 6.82. The molecule has 94 valence electrons. The van der Waals surface area contributed by atoms with Crippen molar-refractivity contribution in [2.24, 2.45) is 11.1 Å². The Morgan fingerprint density at radius 3 is 2.53 bits per heavy atom. The fourth-order valence-corrected chi connectivity index (χ4v) is 1.66. The van der Waals surface area contributed by atoms with Crippen LogP contribution in [0, 0.1) is 5.41 Å². The molecule has 4 heteroatoms. The minimum absolute atomic E-state index is 0.236. The molecule has 3 N–H and O–H groups in total. The van der Waals surface area contributed by atoms with Gasteiger partial charge in [0, 0.05) is 23.7 Å². The van der Waals surface area contributed by atoms with E-state index in [1.165, 1.54) is 0 Å². The van der Waals surface area contributed by atoms with Gasteiger partial charge in [-0.15, -0.1) is 0 Å². The minimum atomic E-state index is -0.457. The number of amides is 1. The third-order valence-electron chi connectivity index (χ3n) is 2.31. The van der Waals surface area contributed by atoms with Gasteiger partial charge in [0.25, 0.3) is 0 Å². The second kappa shape index (κ2) is 5.52. The summed E-state index contributed by atoms with van der Waals surface area (Å²) in [5, 5.41) is 3.90. The van der Waals surface area contributed by atoms with E-state index in [1.807, 2.05) is 6.07 Å². The van der Waals surface area contributed by atoms with Crippen LogP contribution in [0.1, 0.15) is 36.7 Å². The number of carbonyl (C=O) groups is 1. The number of nitrogens with two attached hydrogens (primary N) is 1. The molecular formula is C13H19ClN2O. The van der Waals surface area contributed by atoms with Crippen molar-refractivity contribution in [2.75, 3.05) is 6.54 Å². The first-order valence-corrected chi connectivity index (χ1v) is 5.96. The molecule has 3 nitrogen and oxygen atoms in total. The van der Waals surface area contributed by atoms with Crippen molar-refractivity contribution >= 4 is 17.5 Å². The van der Waals surface area contributed by atoms with Crippen molar-refractivity contribution in [1.29, 1.82) is 0 Å². The van der Waals surface area contributed by atoms with Gasteiger partial charge in [-0.1, -0.05) is 38.4 Å². The van der Waals surface area contributed by atoms with Crippen molar-refractivity contribution < 1.29 is 4.79 Å². The number of primary amides is 1. The molecule has 17 heavy (non-hydrogen) atoms. The van der Waals surface area contributed by atoms with E-state index in [9.17, 15) is 4.79 Å². The summed E-state index contributed by atoms with van der Waals surface area (Å²) >= 11 is 6.08. The molecule has 0 aromatic heterocycles. The third-order valence-corrected chi connectivity index (χ3v) is 2.66. The summed E-state index contributed by atoms with van der Waals surface area (Å²) in [6.45, 7) is 8.09. The molecule has 0 bridgehead atoms.